The van der Waals surface area contributed by atoms with Crippen LogP contribution in [0.4, 0.5) is 24.5 Å². The van der Waals surface area contributed by atoms with Gasteiger partial charge in [-0.05, 0) is 55.5 Å². The number of amides is 2. The van der Waals surface area contributed by atoms with Gasteiger partial charge in [-0.3, -0.25) is 9.59 Å². The second-order valence-electron chi connectivity index (χ2n) is 5.95. The Hall–Kier alpha value is -3.89. The molecule has 0 saturated carbocycles. The number of anilines is 2. The van der Waals surface area contributed by atoms with E-state index in [2.05, 4.69) is 5.32 Å². The van der Waals surface area contributed by atoms with Gasteiger partial charge >= 0.3 is 24.0 Å². The number of carbonyl (C=O) groups excluding carboxylic acids is 4. The van der Waals surface area contributed by atoms with Gasteiger partial charge in [0.05, 0.1) is 17.7 Å². The molecule has 2 aromatic carbocycles. The number of carbonyl (C=O) groups is 4. The van der Waals surface area contributed by atoms with E-state index in [1.807, 2.05) is 0 Å². The van der Waals surface area contributed by atoms with E-state index < -0.39 is 36.5 Å². The van der Waals surface area contributed by atoms with Crippen molar-refractivity contribution in [3.8, 4) is 0 Å². The average Bonchev–Trinajstić information content (AvgIpc) is 2.72. The maximum Gasteiger partial charge on any atom is 0.471 e. The Balaban J connectivity index is 1.84. The molecule has 2 amide bonds. The van der Waals surface area contributed by atoms with Crippen LogP contribution >= 0.6 is 0 Å². The summed E-state index contributed by atoms with van der Waals surface area (Å²) in [5.41, 5.74) is 0.472. The first kappa shape index (κ1) is 23.4. The molecule has 0 fully saturated rings. The van der Waals surface area contributed by atoms with Crippen LogP contribution in [0.2, 0.25) is 0 Å². The average molecular weight is 438 g/mol. The highest BCUT2D eigenvalue weighted by atomic mass is 19.4. The summed E-state index contributed by atoms with van der Waals surface area (Å²) in [5.74, 6) is -4.18. The van der Waals surface area contributed by atoms with Crippen molar-refractivity contribution in [3.63, 3.8) is 0 Å². The molecule has 11 heteroatoms. The molecular weight excluding hydrogens is 421 g/mol. The first-order valence-electron chi connectivity index (χ1n) is 8.82. The first-order chi connectivity index (χ1) is 14.6. The number of alkyl halides is 3. The highest BCUT2D eigenvalue weighted by Gasteiger charge is 2.38. The molecule has 0 aromatic heterocycles. The van der Waals surface area contributed by atoms with Crippen LogP contribution in [-0.4, -0.2) is 43.1 Å². The fraction of sp³-hybridized carbons (Fsp3) is 0.200. The maximum absolute atomic E-state index is 12.2. The first-order valence-corrected chi connectivity index (χ1v) is 8.82. The molecule has 0 bridgehead atoms. The minimum Gasteiger partial charge on any atom is -0.462 e. The molecule has 0 radical (unpaired) electrons. The summed E-state index contributed by atoms with van der Waals surface area (Å²) < 4.78 is 46.3. The van der Waals surface area contributed by atoms with E-state index >= 15 is 0 Å². The SMILES string of the molecule is CCOC(=O)c1ccc(NC(=O)COC(=O)c2ccc(NC(=O)C(F)(F)F)cc2)cc1. The Bertz CT molecular complexity index is 956. The smallest absolute Gasteiger partial charge is 0.462 e. The molecule has 0 atom stereocenters. The standard InChI is InChI=1S/C20H17F3N2O6/c1-2-30-17(27)12-3-7-14(8-4-12)24-16(26)11-31-18(28)13-5-9-15(10-6-13)25-19(29)20(21,22)23/h3-10H,2,11H2,1H3,(H,24,26)(H,25,29). The van der Waals surface area contributed by atoms with Gasteiger partial charge in [-0.2, -0.15) is 13.2 Å². The van der Waals surface area contributed by atoms with E-state index in [4.69, 9.17) is 9.47 Å². The van der Waals surface area contributed by atoms with Crippen molar-refractivity contribution in [3.05, 3.63) is 59.7 Å². The maximum atomic E-state index is 12.2. The van der Waals surface area contributed by atoms with E-state index in [9.17, 15) is 32.3 Å². The minimum atomic E-state index is -5.04. The van der Waals surface area contributed by atoms with Crippen LogP contribution < -0.4 is 10.6 Å². The third-order valence-electron chi connectivity index (χ3n) is 3.65. The number of rotatable bonds is 7. The van der Waals surface area contributed by atoms with Crippen LogP contribution in [0.5, 0.6) is 0 Å². The van der Waals surface area contributed by atoms with Crippen molar-refractivity contribution in [2.75, 3.05) is 23.8 Å². The van der Waals surface area contributed by atoms with Crippen molar-refractivity contribution < 1.29 is 41.8 Å². The Morgan fingerprint density at radius 1 is 0.774 bits per heavy atom. The number of benzene rings is 2. The quantitative estimate of drug-likeness (QED) is 0.643. The van der Waals surface area contributed by atoms with Gasteiger partial charge in [0.2, 0.25) is 0 Å². The van der Waals surface area contributed by atoms with Crippen molar-refractivity contribution >= 4 is 35.1 Å². The van der Waals surface area contributed by atoms with Gasteiger partial charge in [-0.1, -0.05) is 0 Å². The topological polar surface area (TPSA) is 111 Å². The molecule has 31 heavy (non-hydrogen) atoms. The lowest BCUT2D eigenvalue weighted by molar-refractivity contribution is -0.167. The molecule has 0 aliphatic carbocycles. The van der Waals surface area contributed by atoms with Crippen LogP contribution in [0, 0.1) is 0 Å². The predicted octanol–water partition coefficient (Wildman–Crippen LogP) is 3.16. The molecule has 0 unspecified atom stereocenters. The lowest BCUT2D eigenvalue weighted by atomic mass is 10.2. The van der Waals surface area contributed by atoms with Crippen molar-refractivity contribution in [1.82, 2.24) is 0 Å². The van der Waals surface area contributed by atoms with Crippen molar-refractivity contribution in [2.45, 2.75) is 13.1 Å². The van der Waals surface area contributed by atoms with Gasteiger partial charge < -0.3 is 20.1 Å². The second kappa shape index (κ2) is 10.2. The Morgan fingerprint density at radius 2 is 1.23 bits per heavy atom. The predicted molar refractivity (Wildman–Crippen MR) is 102 cm³/mol. The van der Waals surface area contributed by atoms with Crippen LogP contribution in [0.1, 0.15) is 27.6 Å². The molecule has 2 aromatic rings. The molecule has 0 heterocycles. The lowest BCUT2D eigenvalue weighted by Gasteiger charge is -2.09. The highest BCUT2D eigenvalue weighted by Crippen LogP contribution is 2.19. The molecule has 0 aliphatic rings. The van der Waals surface area contributed by atoms with Crippen LogP contribution in [0.25, 0.3) is 0 Å². The Kier molecular flexibility index (Phi) is 7.72. The number of hydrogen-bond donors (Lipinski definition) is 2. The molecular formula is C20H17F3N2O6. The zero-order valence-corrected chi connectivity index (χ0v) is 16.1. The number of nitrogens with one attached hydrogen (secondary N) is 2. The van der Waals surface area contributed by atoms with E-state index in [1.54, 1.807) is 12.2 Å². The summed E-state index contributed by atoms with van der Waals surface area (Å²) in [6, 6.07) is 10.3. The number of esters is 2. The Labute approximate surface area is 174 Å². The third-order valence-corrected chi connectivity index (χ3v) is 3.65. The van der Waals surface area contributed by atoms with Crippen molar-refractivity contribution in [1.29, 1.82) is 0 Å². The van der Waals surface area contributed by atoms with E-state index in [0.29, 0.717) is 11.3 Å². The fourth-order valence-electron chi connectivity index (χ4n) is 2.21. The number of hydrogen-bond acceptors (Lipinski definition) is 6. The lowest BCUT2D eigenvalue weighted by Crippen LogP contribution is -2.29. The number of halogens is 3. The molecule has 0 aliphatic heterocycles. The summed E-state index contributed by atoms with van der Waals surface area (Å²) in [7, 11) is 0. The van der Waals surface area contributed by atoms with Crippen LogP contribution in [0.3, 0.4) is 0 Å². The third kappa shape index (κ3) is 7.14. The van der Waals surface area contributed by atoms with E-state index in [0.717, 1.165) is 24.3 Å². The monoisotopic (exact) mass is 438 g/mol. The fourth-order valence-corrected chi connectivity index (χ4v) is 2.21. The summed E-state index contributed by atoms with van der Waals surface area (Å²) in [5, 5.41) is 4.10. The van der Waals surface area contributed by atoms with Crippen molar-refractivity contribution in [2.24, 2.45) is 0 Å². The van der Waals surface area contributed by atoms with Crippen LogP contribution in [0.15, 0.2) is 48.5 Å². The summed E-state index contributed by atoms with van der Waals surface area (Å²) in [6.45, 7) is 1.28. The van der Waals surface area contributed by atoms with Gasteiger partial charge in [-0.15, -0.1) is 0 Å². The van der Waals surface area contributed by atoms with Gasteiger partial charge in [0.1, 0.15) is 0 Å². The Morgan fingerprint density at radius 3 is 1.68 bits per heavy atom. The molecule has 2 rings (SSSR count). The molecule has 8 nitrogen and oxygen atoms in total. The zero-order valence-electron chi connectivity index (χ0n) is 16.1. The molecule has 0 saturated heterocycles. The number of ether oxygens (including phenoxy) is 2. The zero-order chi connectivity index (χ0) is 23.0. The van der Waals surface area contributed by atoms with E-state index in [-0.39, 0.29) is 17.9 Å². The summed E-state index contributed by atoms with van der Waals surface area (Å²) >= 11 is 0. The summed E-state index contributed by atoms with van der Waals surface area (Å²) in [4.78, 5) is 46.3. The molecule has 0 spiro atoms. The van der Waals surface area contributed by atoms with Gasteiger partial charge in [0.15, 0.2) is 6.61 Å². The van der Waals surface area contributed by atoms with E-state index in [1.165, 1.54) is 24.3 Å². The molecule has 2 N–H and O–H groups in total. The van der Waals surface area contributed by atoms with Crippen LogP contribution in [-0.2, 0) is 19.1 Å². The summed E-state index contributed by atoms with van der Waals surface area (Å²) in [6.07, 6.45) is -5.04. The van der Waals surface area contributed by atoms with Gasteiger partial charge in [0.25, 0.3) is 5.91 Å². The largest absolute Gasteiger partial charge is 0.471 e. The van der Waals surface area contributed by atoms with Gasteiger partial charge in [0, 0.05) is 11.4 Å². The molecule has 164 valence electrons. The van der Waals surface area contributed by atoms with Gasteiger partial charge in [-0.25, -0.2) is 9.59 Å². The highest BCUT2D eigenvalue weighted by molar-refractivity contribution is 5.97. The second-order valence-corrected chi connectivity index (χ2v) is 5.95. The minimum absolute atomic E-state index is 0.0309. The normalized spacial score (nSPS) is 10.7.